The third kappa shape index (κ3) is 5.16. The molecule has 0 amide bonds. The van der Waals surface area contributed by atoms with Gasteiger partial charge in [-0.2, -0.15) is 0 Å². The lowest BCUT2D eigenvalue weighted by Gasteiger charge is -2.35. The minimum Gasteiger partial charge on any atom is -0.466 e. The van der Waals surface area contributed by atoms with E-state index in [1.54, 1.807) is 6.92 Å². The molecule has 1 aliphatic carbocycles. The summed E-state index contributed by atoms with van der Waals surface area (Å²) >= 11 is 0. The van der Waals surface area contributed by atoms with Crippen LogP contribution in [-0.2, 0) is 38.1 Å². The molecule has 9 nitrogen and oxygen atoms in total. The largest absolute Gasteiger partial charge is 0.466 e. The first-order valence-corrected chi connectivity index (χ1v) is 10.1. The van der Waals surface area contributed by atoms with Gasteiger partial charge in [0.15, 0.2) is 12.2 Å². The van der Waals surface area contributed by atoms with Gasteiger partial charge in [0.1, 0.15) is 12.2 Å². The molecule has 0 aromatic heterocycles. The summed E-state index contributed by atoms with van der Waals surface area (Å²) in [4.78, 5) is 49.6. The summed E-state index contributed by atoms with van der Waals surface area (Å²) in [5.41, 5.74) is 0.424. The van der Waals surface area contributed by atoms with Crippen LogP contribution in [0.2, 0.25) is 0 Å². The lowest BCUT2D eigenvalue weighted by Crippen LogP contribution is -2.49. The fraction of sp³-hybridized carbons (Fsp3) is 0.478. The van der Waals surface area contributed by atoms with Crippen molar-refractivity contribution in [2.45, 2.75) is 58.0 Å². The maximum Gasteiger partial charge on any atom is 0.337 e. The summed E-state index contributed by atoms with van der Waals surface area (Å²) in [7, 11) is 1.16. The van der Waals surface area contributed by atoms with Gasteiger partial charge < -0.3 is 24.1 Å². The van der Waals surface area contributed by atoms with Gasteiger partial charge in [0.05, 0.1) is 18.6 Å². The number of rotatable bonds is 4. The number of ether oxygens (including phenoxy) is 4. The van der Waals surface area contributed by atoms with Crippen LogP contribution in [0, 0.1) is 5.92 Å². The molecular weight excluding hydrogens is 420 g/mol. The first kappa shape index (κ1) is 25.1. The van der Waals surface area contributed by atoms with Gasteiger partial charge in [0, 0.05) is 18.1 Å². The van der Waals surface area contributed by atoms with Crippen molar-refractivity contribution in [2.75, 3.05) is 7.11 Å². The number of fused-ring (bicyclic) bond motifs is 1. The van der Waals surface area contributed by atoms with Crippen molar-refractivity contribution in [3.05, 3.63) is 47.6 Å². The summed E-state index contributed by atoms with van der Waals surface area (Å²) in [6.07, 6.45) is -1.87. The van der Waals surface area contributed by atoms with Crippen LogP contribution in [-0.4, -0.2) is 60.5 Å². The lowest BCUT2D eigenvalue weighted by atomic mass is 9.80. The van der Waals surface area contributed by atoms with Gasteiger partial charge in [0.25, 0.3) is 0 Å². The zero-order valence-electron chi connectivity index (χ0n) is 18.6. The number of aliphatic hydroxyl groups is 1. The van der Waals surface area contributed by atoms with Gasteiger partial charge in [0.2, 0.25) is 0 Å². The Hall–Kier alpha value is -3.20. The zero-order chi connectivity index (χ0) is 24.2. The van der Waals surface area contributed by atoms with Crippen LogP contribution in [0.4, 0.5) is 0 Å². The van der Waals surface area contributed by atoms with E-state index in [9.17, 15) is 24.3 Å². The maximum atomic E-state index is 12.6. The molecule has 1 heterocycles. The Balaban J connectivity index is 2.73. The monoisotopic (exact) mass is 448 g/mol. The second kappa shape index (κ2) is 10.4. The normalized spacial score (nSPS) is 30.4. The fourth-order valence-corrected chi connectivity index (χ4v) is 3.63. The predicted molar refractivity (Wildman–Crippen MR) is 112 cm³/mol. The third-order valence-electron chi connectivity index (χ3n) is 5.49. The number of carbonyl (C=O) groups is 4. The smallest absolute Gasteiger partial charge is 0.337 e. The summed E-state index contributed by atoms with van der Waals surface area (Å²) in [5.74, 6) is -4.26. The van der Waals surface area contributed by atoms with E-state index in [1.807, 2.05) is 0 Å². The molecule has 0 bridgehead atoms. The number of aliphatic hydroxyl groups excluding tert-OH is 1. The summed E-state index contributed by atoms with van der Waals surface area (Å²) in [6.45, 7) is 11.8. The maximum absolute atomic E-state index is 12.6. The van der Waals surface area contributed by atoms with Gasteiger partial charge in [-0.15, -0.1) is 0 Å². The van der Waals surface area contributed by atoms with E-state index >= 15 is 0 Å². The Morgan fingerprint density at radius 3 is 2.44 bits per heavy atom. The van der Waals surface area contributed by atoms with Crippen LogP contribution >= 0.6 is 0 Å². The second-order valence-electron chi connectivity index (χ2n) is 7.59. The fourth-order valence-electron chi connectivity index (χ4n) is 3.63. The number of hydrogen-bond acceptors (Lipinski definition) is 9. The highest BCUT2D eigenvalue weighted by atomic mass is 16.6. The van der Waals surface area contributed by atoms with Gasteiger partial charge in [-0.25, -0.2) is 14.4 Å². The molecular formula is C23H28O9. The Morgan fingerprint density at radius 1 is 1.22 bits per heavy atom. The quantitative estimate of drug-likeness (QED) is 0.296. The average molecular weight is 448 g/mol. The number of hydrogen-bond donors (Lipinski definition) is 1. The van der Waals surface area contributed by atoms with E-state index in [1.165, 1.54) is 19.1 Å². The molecule has 1 fully saturated rings. The summed E-state index contributed by atoms with van der Waals surface area (Å²) in [5, 5.41) is 10.8. The molecule has 5 atom stereocenters. The van der Waals surface area contributed by atoms with E-state index in [4.69, 9.17) is 18.9 Å². The molecule has 174 valence electrons. The third-order valence-corrected chi connectivity index (χ3v) is 5.49. The van der Waals surface area contributed by atoms with Crippen molar-refractivity contribution in [3.8, 4) is 0 Å². The standard InChI is InChI=1S/C23H28O9/c1-7-11(2)21(26)31-18-15(23(28)29-6)10-8-9-12(3)17(25)19-16(13(4)22(27)32-19)20(18)30-14(5)24/h7,10,16-20,25H,3-4,8-9H2,1-2,5-6H3/b11-7-,15-10+/t16-,17-,18-,19-,20-/m0/s1. The number of allylic oxidation sites excluding steroid dienone is 2. The van der Waals surface area contributed by atoms with Crippen LogP contribution in [0.15, 0.2) is 47.6 Å². The van der Waals surface area contributed by atoms with Gasteiger partial charge in [-0.1, -0.05) is 25.3 Å². The van der Waals surface area contributed by atoms with E-state index in [0.29, 0.717) is 5.57 Å². The Bertz CT molecular complexity index is 895. The van der Waals surface area contributed by atoms with Crippen molar-refractivity contribution in [1.82, 2.24) is 0 Å². The van der Waals surface area contributed by atoms with Crippen LogP contribution in [0.3, 0.4) is 0 Å². The van der Waals surface area contributed by atoms with E-state index in [0.717, 1.165) is 14.0 Å². The molecule has 1 aliphatic heterocycles. The van der Waals surface area contributed by atoms with Crippen LogP contribution < -0.4 is 0 Å². The highest BCUT2D eigenvalue weighted by Crippen LogP contribution is 2.39. The topological polar surface area (TPSA) is 125 Å². The molecule has 0 aromatic rings. The molecule has 0 aromatic carbocycles. The molecule has 0 radical (unpaired) electrons. The van der Waals surface area contributed by atoms with Gasteiger partial charge in [-0.3, -0.25) is 4.79 Å². The molecule has 0 spiro atoms. The van der Waals surface area contributed by atoms with Crippen LogP contribution in [0.25, 0.3) is 0 Å². The number of esters is 4. The Kier molecular flexibility index (Phi) is 8.15. The van der Waals surface area contributed by atoms with E-state index in [2.05, 4.69) is 13.2 Å². The molecule has 2 rings (SSSR count). The minimum absolute atomic E-state index is 0.0777. The molecule has 2 aliphatic rings. The highest BCUT2D eigenvalue weighted by Gasteiger charge is 2.53. The Morgan fingerprint density at radius 2 is 1.88 bits per heavy atom. The zero-order valence-corrected chi connectivity index (χ0v) is 18.6. The minimum atomic E-state index is -1.45. The summed E-state index contributed by atoms with van der Waals surface area (Å²) in [6, 6.07) is 0. The molecule has 9 heteroatoms. The first-order chi connectivity index (χ1) is 15.0. The van der Waals surface area contributed by atoms with Crippen molar-refractivity contribution < 1.29 is 43.2 Å². The molecule has 0 unspecified atom stereocenters. The van der Waals surface area contributed by atoms with Gasteiger partial charge >= 0.3 is 23.9 Å². The van der Waals surface area contributed by atoms with Crippen molar-refractivity contribution in [1.29, 1.82) is 0 Å². The highest BCUT2D eigenvalue weighted by molar-refractivity contribution is 5.93. The van der Waals surface area contributed by atoms with Crippen LogP contribution in [0.1, 0.15) is 33.6 Å². The SMILES string of the molecule is C=C1C(=O)O[C@H]2[C@H]1[C@H](OC(C)=O)[C@@H](OC(=O)/C(C)=C\C)/C(C(=O)OC)=C\CCC(=C)[C@@H]2O. The first-order valence-electron chi connectivity index (χ1n) is 10.1. The van der Waals surface area contributed by atoms with Crippen LogP contribution in [0.5, 0.6) is 0 Å². The van der Waals surface area contributed by atoms with E-state index in [-0.39, 0.29) is 29.6 Å². The Labute approximate surface area is 186 Å². The predicted octanol–water partition coefficient (Wildman–Crippen LogP) is 1.70. The van der Waals surface area contributed by atoms with Crippen molar-refractivity contribution >= 4 is 23.9 Å². The molecule has 1 N–H and O–H groups in total. The van der Waals surface area contributed by atoms with E-state index < -0.39 is 54.2 Å². The second-order valence-corrected chi connectivity index (χ2v) is 7.59. The number of carbonyl (C=O) groups excluding carboxylic acids is 4. The van der Waals surface area contributed by atoms with Gasteiger partial charge in [-0.05, 0) is 32.3 Å². The average Bonchev–Trinajstić information content (AvgIpc) is 3.05. The molecule has 32 heavy (non-hydrogen) atoms. The lowest BCUT2D eigenvalue weighted by molar-refractivity contribution is -0.170. The van der Waals surface area contributed by atoms with Crippen molar-refractivity contribution in [3.63, 3.8) is 0 Å². The van der Waals surface area contributed by atoms with Crippen molar-refractivity contribution in [2.24, 2.45) is 5.92 Å². The summed E-state index contributed by atoms with van der Waals surface area (Å²) < 4.78 is 21.3. The molecule has 1 saturated heterocycles. The molecule has 0 saturated carbocycles. The number of methoxy groups -OCH3 is 1.